The van der Waals surface area contributed by atoms with Crippen molar-refractivity contribution in [1.29, 1.82) is 0 Å². The highest BCUT2D eigenvalue weighted by Crippen LogP contribution is 2.19. The van der Waals surface area contributed by atoms with Gasteiger partial charge in [-0.2, -0.15) is 15.0 Å². The summed E-state index contributed by atoms with van der Waals surface area (Å²) in [7, 11) is 0. The van der Waals surface area contributed by atoms with Gasteiger partial charge in [0.1, 0.15) is 0 Å². The van der Waals surface area contributed by atoms with Gasteiger partial charge in [0.05, 0.1) is 6.42 Å². The van der Waals surface area contributed by atoms with E-state index in [0.29, 0.717) is 5.95 Å². The molecule has 0 aliphatic carbocycles. The number of nitrogens with two attached hydrogens (primary N) is 1. The van der Waals surface area contributed by atoms with E-state index >= 15 is 0 Å². The first-order valence-corrected chi connectivity index (χ1v) is 9.12. The quantitative estimate of drug-likeness (QED) is 0.488. The van der Waals surface area contributed by atoms with E-state index in [1.165, 1.54) is 0 Å². The van der Waals surface area contributed by atoms with Gasteiger partial charge < -0.3 is 15.8 Å². The molecule has 0 aliphatic rings. The summed E-state index contributed by atoms with van der Waals surface area (Å²) in [5.41, 5.74) is 7.49. The fourth-order valence-electron chi connectivity index (χ4n) is 3.01. The zero-order valence-electron chi connectivity index (χ0n) is 15.6. The van der Waals surface area contributed by atoms with Crippen molar-refractivity contribution in [2.45, 2.75) is 13.0 Å². The Kier molecular flexibility index (Phi) is 5.29. The Labute approximate surface area is 167 Å². The Hall–Kier alpha value is -4.00. The van der Waals surface area contributed by atoms with Gasteiger partial charge in [0.2, 0.25) is 11.9 Å². The van der Waals surface area contributed by atoms with Gasteiger partial charge in [-0.05, 0) is 28.5 Å². The van der Waals surface area contributed by atoms with Gasteiger partial charge in [0, 0.05) is 5.69 Å². The summed E-state index contributed by atoms with van der Waals surface area (Å²) in [6.45, 7) is -0.0835. The predicted octanol–water partition coefficient (Wildman–Crippen LogP) is 3.64. The van der Waals surface area contributed by atoms with Gasteiger partial charge in [0.25, 0.3) is 0 Å². The van der Waals surface area contributed by atoms with Crippen LogP contribution in [0.1, 0.15) is 11.4 Å². The zero-order valence-corrected chi connectivity index (χ0v) is 15.6. The van der Waals surface area contributed by atoms with Crippen molar-refractivity contribution >= 4 is 34.3 Å². The van der Waals surface area contributed by atoms with Gasteiger partial charge >= 0.3 is 5.97 Å². The van der Waals surface area contributed by atoms with Crippen LogP contribution in [0, 0.1) is 0 Å². The second-order valence-electron chi connectivity index (χ2n) is 6.40. The normalized spacial score (nSPS) is 10.6. The van der Waals surface area contributed by atoms with E-state index in [4.69, 9.17) is 10.5 Å². The van der Waals surface area contributed by atoms with Crippen LogP contribution in [0.5, 0.6) is 0 Å². The lowest BCUT2D eigenvalue weighted by molar-refractivity contribution is -0.144. The minimum atomic E-state index is -0.363. The highest BCUT2D eigenvalue weighted by atomic mass is 16.5. The number of anilines is 3. The third kappa shape index (κ3) is 4.65. The molecule has 0 fully saturated rings. The number of carbonyl (C=O) groups is 1. The van der Waals surface area contributed by atoms with Crippen LogP contribution in [-0.4, -0.2) is 20.9 Å². The predicted molar refractivity (Wildman–Crippen MR) is 111 cm³/mol. The molecule has 0 saturated carbocycles. The van der Waals surface area contributed by atoms with E-state index < -0.39 is 0 Å². The van der Waals surface area contributed by atoms with Crippen molar-refractivity contribution < 1.29 is 9.53 Å². The Morgan fingerprint density at radius 1 is 0.897 bits per heavy atom. The van der Waals surface area contributed by atoms with Crippen LogP contribution in [0.2, 0.25) is 0 Å². The lowest BCUT2D eigenvalue weighted by Gasteiger charge is -2.09. The molecule has 3 aromatic carbocycles. The first-order chi connectivity index (χ1) is 14.2. The topological polar surface area (TPSA) is 103 Å². The SMILES string of the molecule is Nc1nc(COC(=O)Cc2cccc3ccccc23)nc(Nc2ccccc2)n1. The average Bonchev–Trinajstić information content (AvgIpc) is 2.73. The molecule has 4 rings (SSSR count). The number of nitrogen functional groups attached to an aromatic ring is 1. The van der Waals surface area contributed by atoms with Crippen LogP contribution < -0.4 is 11.1 Å². The van der Waals surface area contributed by atoms with Crippen LogP contribution >= 0.6 is 0 Å². The van der Waals surface area contributed by atoms with Crippen molar-refractivity contribution in [3.63, 3.8) is 0 Å². The van der Waals surface area contributed by atoms with Crippen LogP contribution in [0.4, 0.5) is 17.6 Å². The van der Waals surface area contributed by atoms with Crippen LogP contribution in [0.3, 0.4) is 0 Å². The molecule has 0 aliphatic heterocycles. The molecule has 1 heterocycles. The van der Waals surface area contributed by atoms with E-state index in [1.807, 2.05) is 72.8 Å². The summed E-state index contributed by atoms with van der Waals surface area (Å²) >= 11 is 0. The number of nitrogens with one attached hydrogen (secondary N) is 1. The lowest BCUT2D eigenvalue weighted by atomic mass is 10.0. The number of rotatable bonds is 6. The van der Waals surface area contributed by atoms with Crippen LogP contribution in [0.25, 0.3) is 10.8 Å². The molecular weight excluding hydrogens is 366 g/mol. The van der Waals surface area contributed by atoms with E-state index in [2.05, 4.69) is 20.3 Å². The molecule has 0 atom stereocenters. The molecule has 3 N–H and O–H groups in total. The Morgan fingerprint density at radius 3 is 2.52 bits per heavy atom. The lowest BCUT2D eigenvalue weighted by Crippen LogP contribution is -2.12. The number of aromatic nitrogens is 3. The maximum absolute atomic E-state index is 12.4. The number of esters is 1. The third-order valence-electron chi connectivity index (χ3n) is 4.31. The van der Waals surface area contributed by atoms with Crippen molar-refractivity contribution in [2.24, 2.45) is 0 Å². The van der Waals surface area contributed by atoms with Crippen LogP contribution in [-0.2, 0) is 22.6 Å². The summed E-state index contributed by atoms with van der Waals surface area (Å²) in [5.74, 6) is 0.266. The average molecular weight is 385 g/mol. The molecule has 0 bridgehead atoms. The Bertz CT molecular complexity index is 1140. The van der Waals surface area contributed by atoms with E-state index in [9.17, 15) is 4.79 Å². The molecule has 4 aromatic rings. The highest BCUT2D eigenvalue weighted by molar-refractivity contribution is 5.88. The minimum absolute atomic E-state index is 0.0542. The largest absolute Gasteiger partial charge is 0.457 e. The summed E-state index contributed by atoms with van der Waals surface area (Å²) in [4.78, 5) is 24.7. The van der Waals surface area contributed by atoms with Gasteiger partial charge in [-0.3, -0.25) is 4.79 Å². The number of hydrogen-bond acceptors (Lipinski definition) is 7. The molecule has 1 aromatic heterocycles. The maximum atomic E-state index is 12.4. The molecule has 0 unspecified atom stereocenters. The third-order valence-corrected chi connectivity index (χ3v) is 4.31. The Morgan fingerprint density at radius 2 is 1.66 bits per heavy atom. The summed E-state index contributed by atoms with van der Waals surface area (Å²) in [5, 5.41) is 5.17. The fraction of sp³-hybridized carbons (Fsp3) is 0.0909. The molecule has 0 radical (unpaired) electrons. The first kappa shape index (κ1) is 18.4. The van der Waals surface area contributed by atoms with Crippen molar-refractivity contribution in [2.75, 3.05) is 11.1 Å². The molecule has 29 heavy (non-hydrogen) atoms. The molecule has 7 heteroatoms. The second-order valence-corrected chi connectivity index (χ2v) is 6.40. The zero-order chi connectivity index (χ0) is 20.1. The van der Waals surface area contributed by atoms with Gasteiger partial charge in [-0.25, -0.2) is 0 Å². The molecule has 7 nitrogen and oxygen atoms in total. The number of fused-ring (bicyclic) bond motifs is 1. The summed E-state index contributed by atoms with van der Waals surface area (Å²) in [6.07, 6.45) is 0.164. The standard InChI is InChI=1S/C22H19N5O2/c23-21-25-19(26-22(27-21)24-17-10-2-1-3-11-17)14-29-20(28)13-16-9-6-8-15-7-4-5-12-18(15)16/h1-12H,13-14H2,(H3,23,24,25,26,27). The van der Waals surface area contributed by atoms with Crippen LogP contribution in [0.15, 0.2) is 72.8 Å². The summed E-state index contributed by atoms with van der Waals surface area (Å²) < 4.78 is 5.37. The number of benzene rings is 3. The van der Waals surface area contributed by atoms with Crippen molar-refractivity contribution in [3.8, 4) is 0 Å². The minimum Gasteiger partial charge on any atom is -0.457 e. The van der Waals surface area contributed by atoms with E-state index in [-0.39, 0.29) is 30.8 Å². The molecule has 144 valence electrons. The van der Waals surface area contributed by atoms with Crippen molar-refractivity contribution in [3.05, 3.63) is 84.2 Å². The fourth-order valence-corrected chi connectivity index (χ4v) is 3.01. The number of hydrogen-bond donors (Lipinski definition) is 2. The molecule has 0 amide bonds. The number of para-hydroxylation sites is 1. The van der Waals surface area contributed by atoms with E-state index in [1.54, 1.807) is 0 Å². The van der Waals surface area contributed by atoms with Gasteiger partial charge in [-0.15, -0.1) is 0 Å². The Balaban J connectivity index is 1.42. The number of carbonyl (C=O) groups excluding carboxylic acids is 1. The highest BCUT2D eigenvalue weighted by Gasteiger charge is 2.11. The molecular formula is C22H19N5O2. The summed E-state index contributed by atoms with van der Waals surface area (Å²) in [6, 6.07) is 23.2. The van der Waals surface area contributed by atoms with Gasteiger partial charge in [0.15, 0.2) is 12.4 Å². The van der Waals surface area contributed by atoms with E-state index in [0.717, 1.165) is 22.0 Å². The number of ether oxygens (including phenoxy) is 1. The molecule has 0 spiro atoms. The molecule has 0 saturated heterocycles. The second kappa shape index (κ2) is 8.35. The first-order valence-electron chi connectivity index (χ1n) is 9.12. The van der Waals surface area contributed by atoms with Gasteiger partial charge in [-0.1, -0.05) is 60.7 Å². The smallest absolute Gasteiger partial charge is 0.310 e. The maximum Gasteiger partial charge on any atom is 0.310 e. The van der Waals surface area contributed by atoms with Crippen molar-refractivity contribution in [1.82, 2.24) is 15.0 Å². The monoisotopic (exact) mass is 385 g/mol. The number of nitrogens with zero attached hydrogens (tertiary/aromatic N) is 3.